The Kier molecular flexibility index (Phi) is 7.04. The summed E-state index contributed by atoms with van der Waals surface area (Å²) in [4.78, 5) is 23.6. The van der Waals surface area contributed by atoms with E-state index in [1.54, 1.807) is 19.1 Å². The Balaban J connectivity index is 2.54. The van der Waals surface area contributed by atoms with Gasteiger partial charge in [-0.2, -0.15) is 0 Å². The predicted octanol–water partition coefficient (Wildman–Crippen LogP) is 3.40. The number of non-ortho nitro benzene ring substituents is 1. The van der Waals surface area contributed by atoms with Crippen LogP contribution < -0.4 is 14.4 Å². The minimum Gasteiger partial charge on any atom is -0.495 e. The Morgan fingerprint density at radius 3 is 2.37 bits per heavy atom. The highest BCUT2D eigenvalue weighted by molar-refractivity contribution is 7.92. The fraction of sp³-hybridized carbons (Fsp3) is 0.350. The first-order valence-corrected chi connectivity index (χ1v) is 11.0. The molecule has 0 unspecified atom stereocenters. The van der Waals surface area contributed by atoms with Crippen LogP contribution in [0.5, 0.6) is 5.75 Å². The highest BCUT2D eigenvalue weighted by atomic mass is 32.2. The molecule has 10 heteroatoms. The van der Waals surface area contributed by atoms with E-state index in [9.17, 15) is 23.3 Å². The van der Waals surface area contributed by atoms with Gasteiger partial charge in [-0.05, 0) is 49.6 Å². The number of methoxy groups -OCH3 is 1. The van der Waals surface area contributed by atoms with Crippen LogP contribution in [0.2, 0.25) is 0 Å². The minimum absolute atomic E-state index is 0.0729. The van der Waals surface area contributed by atoms with Crippen LogP contribution in [0.3, 0.4) is 0 Å². The number of carbonyl (C=O) groups is 1. The number of rotatable bonds is 8. The van der Waals surface area contributed by atoms with E-state index in [-0.39, 0.29) is 23.5 Å². The van der Waals surface area contributed by atoms with Crippen molar-refractivity contribution in [3.05, 3.63) is 57.6 Å². The first kappa shape index (κ1) is 23.1. The molecule has 0 saturated heterocycles. The molecular weight excluding hydrogens is 410 g/mol. The maximum absolute atomic E-state index is 13.0. The molecule has 1 atom stereocenters. The fourth-order valence-electron chi connectivity index (χ4n) is 3.04. The Hall–Kier alpha value is -3.14. The fourth-order valence-corrected chi connectivity index (χ4v) is 4.25. The number of benzene rings is 2. The highest BCUT2D eigenvalue weighted by Gasteiger charge is 2.34. The summed E-state index contributed by atoms with van der Waals surface area (Å²) < 4.78 is 31.4. The number of hydrogen-bond acceptors (Lipinski definition) is 6. The van der Waals surface area contributed by atoms with E-state index in [2.05, 4.69) is 5.32 Å². The van der Waals surface area contributed by atoms with Crippen molar-refractivity contribution in [3.63, 3.8) is 0 Å². The van der Waals surface area contributed by atoms with E-state index in [1.807, 2.05) is 19.9 Å². The van der Waals surface area contributed by atoms with Gasteiger partial charge in [-0.1, -0.05) is 13.0 Å². The molecule has 1 amide bonds. The van der Waals surface area contributed by atoms with Gasteiger partial charge in [0.15, 0.2) is 0 Å². The minimum atomic E-state index is -3.99. The molecule has 0 aliphatic carbocycles. The maximum Gasteiger partial charge on any atom is 0.271 e. The third kappa shape index (κ3) is 5.07. The van der Waals surface area contributed by atoms with Gasteiger partial charge in [0, 0.05) is 17.8 Å². The number of hydrogen-bond donors (Lipinski definition) is 1. The summed E-state index contributed by atoms with van der Waals surface area (Å²) >= 11 is 0. The zero-order chi connectivity index (χ0) is 22.6. The number of nitrogens with zero attached hydrogens (tertiary/aromatic N) is 2. The van der Waals surface area contributed by atoms with Crippen LogP contribution in [0.15, 0.2) is 36.4 Å². The molecule has 2 aromatic rings. The smallest absolute Gasteiger partial charge is 0.271 e. The molecule has 1 N–H and O–H groups in total. The van der Waals surface area contributed by atoms with E-state index < -0.39 is 26.9 Å². The molecule has 0 fully saturated rings. The van der Waals surface area contributed by atoms with Gasteiger partial charge in [0.2, 0.25) is 15.9 Å². The lowest BCUT2D eigenvalue weighted by molar-refractivity contribution is -0.384. The third-order valence-electron chi connectivity index (χ3n) is 4.71. The molecule has 2 aromatic carbocycles. The number of nitro benzene ring substituents is 1. The second-order valence-electron chi connectivity index (χ2n) is 6.88. The number of aryl methyl sites for hydroxylation is 2. The summed E-state index contributed by atoms with van der Waals surface area (Å²) in [5.74, 6) is -0.455. The van der Waals surface area contributed by atoms with E-state index in [1.165, 1.54) is 19.2 Å². The quantitative estimate of drug-likeness (QED) is 0.501. The summed E-state index contributed by atoms with van der Waals surface area (Å²) in [6, 6.07) is 7.83. The van der Waals surface area contributed by atoms with E-state index in [4.69, 9.17) is 4.74 Å². The van der Waals surface area contributed by atoms with Crippen molar-refractivity contribution in [2.75, 3.05) is 23.0 Å². The molecule has 0 spiro atoms. The number of amides is 1. The second kappa shape index (κ2) is 9.12. The normalized spacial score (nSPS) is 12.2. The van der Waals surface area contributed by atoms with Crippen LogP contribution in [-0.4, -0.2) is 38.7 Å². The average Bonchev–Trinajstić information content (AvgIpc) is 2.67. The molecule has 0 heterocycles. The molecular formula is C20H25N3O6S. The van der Waals surface area contributed by atoms with Crippen molar-refractivity contribution in [2.45, 2.75) is 33.2 Å². The molecule has 9 nitrogen and oxygen atoms in total. The SMILES string of the molecule is CC[C@H](C(=O)Nc1ccc(C)c(C)c1)N(c1cc([N+](=O)[O-])ccc1OC)S(C)(=O)=O. The first-order valence-electron chi connectivity index (χ1n) is 9.19. The maximum atomic E-state index is 13.0. The van der Waals surface area contributed by atoms with Crippen LogP contribution in [-0.2, 0) is 14.8 Å². The van der Waals surface area contributed by atoms with E-state index in [0.29, 0.717) is 5.69 Å². The molecule has 0 aliphatic rings. The highest BCUT2D eigenvalue weighted by Crippen LogP contribution is 2.35. The van der Waals surface area contributed by atoms with Crippen molar-refractivity contribution in [2.24, 2.45) is 0 Å². The Morgan fingerprint density at radius 1 is 1.20 bits per heavy atom. The topological polar surface area (TPSA) is 119 Å². The number of sulfonamides is 1. The number of carbonyl (C=O) groups excluding carboxylic acids is 1. The Labute approximate surface area is 175 Å². The van der Waals surface area contributed by atoms with Gasteiger partial charge in [0.25, 0.3) is 5.69 Å². The number of ether oxygens (including phenoxy) is 1. The Morgan fingerprint density at radius 2 is 1.87 bits per heavy atom. The number of nitro groups is 1. The van der Waals surface area contributed by atoms with Crippen LogP contribution in [0, 0.1) is 24.0 Å². The van der Waals surface area contributed by atoms with Crippen molar-refractivity contribution in [3.8, 4) is 5.75 Å². The zero-order valence-corrected chi connectivity index (χ0v) is 18.3. The lowest BCUT2D eigenvalue weighted by atomic mass is 10.1. The first-order chi connectivity index (χ1) is 14.0. The summed E-state index contributed by atoms with van der Waals surface area (Å²) in [7, 11) is -2.67. The van der Waals surface area contributed by atoms with Crippen LogP contribution in [0.4, 0.5) is 17.1 Å². The summed E-state index contributed by atoms with van der Waals surface area (Å²) in [6.07, 6.45) is 1.08. The monoisotopic (exact) mass is 435 g/mol. The van der Waals surface area contributed by atoms with Crippen LogP contribution in [0.1, 0.15) is 24.5 Å². The van der Waals surface area contributed by atoms with Crippen molar-refractivity contribution in [1.29, 1.82) is 0 Å². The van der Waals surface area contributed by atoms with Gasteiger partial charge in [-0.25, -0.2) is 8.42 Å². The molecule has 0 aromatic heterocycles. The van der Waals surface area contributed by atoms with Crippen molar-refractivity contribution < 1.29 is 22.9 Å². The standard InChI is InChI=1S/C20H25N3O6S/c1-6-17(20(24)21-15-8-7-13(2)14(3)11-15)22(30(5,27)28)18-12-16(23(25)26)9-10-19(18)29-4/h7-12,17H,6H2,1-5H3,(H,21,24)/t17-/m1/s1. The Bertz CT molecular complexity index is 1070. The molecule has 2 rings (SSSR count). The van der Waals surface area contributed by atoms with Gasteiger partial charge >= 0.3 is 0 Å². The second-order valence-corrected chi connectivity index (χ2v) is 8.74. The largest absolute Gasteiger partial charge is 0.495 e. The average molecular weight is 436 g/mol. The van der Waals surface area contributed by atoms with Crippen molar-refractivity contribution >= 4 is 33.0 Å². The van der Waals surface area contributed by atoms with Crippen molar-refractivity contribution in [1.82, 2.24) is 0 Å². The van der Waals surface area contributed by atoms with E-state index in [0.717, 1.165) is 27.8 Å². The summed E-state index contributed by atoms with van der Waals surface area (Å²) in [5.41, 5.74) is 2.17. The van der Waals surface area contributed by atoms with Gasteiger partial charge in [0.05, 0.1) is 18.3 Å². The molecule has 0 bridgehead atoms. The molecule has 0 saturated carbocycles. The summed E-state index contributed by atoms with van der Waals surface area (Å²) in [5, 5.41) is 14.0. The molecule has 0 radical (unpaired) electrons. The molecule has 162 valence electrons. The van der Waals surface area contributed by atoms with Gasteiger partial charge in [-0.3, -0.25) is 19.2 Å². The molecule has 0 aliphatic heterocycles. The van der Waals surface area contributed by atoms with Gasteiger partial charge in [0.1, 0.15) is 17.5 Å². The predicted molar refractivity (Wildman–Crippen MR) is 116 cm³/mol. The number of anilines is 2. The van der Waals surface area contributed by atoms with Crippen LogP contribution in [0.25, 0.3) is 0 Å². The van der Waals surface area contributed by atoms with Crippen LogP contribution >= 0.6 is 0 Å². The number of nitrogens with one attached hydrogen (secondary N) is 1. The van der Waals surface area contributed by atoms with Gasteiger partial charge in [-0.15, -0.1) is 0 Å². The van der Waals surface area contributed by atoms with Gasteiger partial charge < -0.3 is 10.1 Å². The lowest BCUT2D eigenvalue weighted by Crippen LogP contribution is -2.47. The summed E-state index contributed by atoms with van der Waals surface area (Å²) in [6.45, 7) is 5.50. The zero-order valence-electron chi connectivity index (χ0n) is 17.5. The lowest BCUT2D eigenvalue weighted by Gasteiger charge is -2.31. The van der Waals surface area contributed by atoms with E-state index >= 15 is 0 Å². The third-order valence-corrected chi connectivity index (χ3v) is 5.88. The molecule has 30 heavy (non-hydrogen) atoms.